The van der Waals surface area contributed by atoms with Gasteiger partial charge in [0, 0.05) is 18.0 Å². The topological polar surface area (TPSA) is 49.6 Å². The van der Waals surface area contributed by atoms with Gasteiger partial charge in [-0.05, 0) is 62.0 Å². The normalized spacial score (nSPS) is 20.2. The van der Waals surface area contributed by atoms with Crippen LogP contribution >= 0.6 is 0 Å². The molecule has 0 unspecified atom stereocenters. The minimum Gasteiger partial charge on any atom is -0.236 e. The molecule has 1 aromatic heterocycles. The molecule has 3 nitrogen and oxygen atoms in total. The minimum atomic E-state index is -0.0752. The quantitative estimate of drug-likeness (QED) is 0.264. The molecule has 1 saturated carbocycles. The highest BCUT2D eigenvalue weighted by Crippen LogP contribution is 2.45. The summed E-state index contributed by atoms with van der Waals surface area (Å²) in [7, 11) is 0. The van der Waals surface area contributed by atoms with Crippen molar-refractivity contribution in [3.8, 4) is 17.5 Å². The minimum absolute atomic E-state index is 0.0752. The summed E-state index contributed by atoms with van der Waals surface area (Å²) < 4.78 is 0. The molecule has 0 aliphatic heterocycles. The summed E-state index contributed by atoms with van der Waals surface area (Å²) in [6.07, 6.45) is 23.4. The first kappa shape index (κ1) is 26.4. The van der Waals surface area contributed by atoms with Crippen LogP contribution in [-0.2, 0) is 6.42 Å². The van der Waals surface area contributed by atoms with Crippen LogP contribution in [0.25, 0.3) is 11.4 Å². The Hall–Kier alpha value is -2.21. The van der Waals surface area contributed by atoms with Gasteiger partial charge in [-0.25, -0.2) is 9.97 Å². The summed E-state index contributed by atoms with van der Waals surface area (Å²) in [5.41, 5.74) is 3.66. The highest BCUT2D eigenvalue weighted by atomic mass is 14.9. The largest absolute Gasteiger partial charge is 0.236 e. The molecule has 0 atom stereocenters. The highest BCUT2D eigenvalue weighted by molar-refractivity contribution is 5.55. The molecular formula is C31H45N3. The average molecular weight is 460 g/mol. The SMILES string of the molecule is CCCCCCCc1cnc(-c2ccc([C@H]3CC[C@@](C#N)(CCCCCCC)CC3)cc2)nc1. The molecule has 0 N–H and O–H groups in total. The fourth-order valence-electron chi connectivity index (χ4n) is 5.46. The third-order valence-corrected chi connectivity index (χ3v) is 7.85. The number of aromatic nitrogens is 2. The van der Waals surface area contributed by atoms with E-state index in [2.05, 4.69) is 54.2 Å². The van der Waals surface area contributed by atoms with Crippen LogP contribution in [0.2, 0.25) is 0 Å². The van der Waals surface area contributed by atoms with E-state index in [4.69, 9.17) is 0 Å². The number of nitriles is 1. The van der Waals surface area contributed by atoms with Gasteiger partial charge in [0.15, 0.2) is 5.82 Å². The predicted molar refractivity (Wildman–Crippen MR) is 143 cm³/mol. The van der Waals surface area contributed by atoms with Crippen LogP contribution in [0.4, 0.5) is 0 Å². The first-order valence-corrected chi connectivity index (χ1v) is 14.0. The van der Waals surface area contributed by atoms with Gasteiger partial charge in [0.1, 0.15) is 0 Å². The second-order valence-electron chi connectivity index (χ2n) is 10.5. The number of rotatable bonds is 14. The maximum Gasteiger partial charge on any atom is 0.159 e. The van der Waals surface area contributed by atoms with Gasteiger partial charge < -0.3 is 0 Å². The molecule has 1 aliphatic rings. The fraction of sp³-hybridized carbons (Fsp3) is 0.645. The lowest BCUT2D eigenvalue weighted by atomic mass is 9.67. The zero-order valence-electron chi connectivity index (χ0n) is 21.7. The predicted octanol–water partition coefficient (Wildman–Crippen LogP) is 9.18. The monoisotopic (exact) mass is 459 g/mol. The van der Waals surface area contributed by atoms with E-state index in [1.807, 2.05) is 12.4 Å². The molecule has 34 heavy (non-hydrogen) atoms. The average Bonchev–Trinajstić information content (AvgIpc) is 2.89. The Bertz CT molecular complexity index is 855. The van der Waals surface area contributed by atoms with Gasteiger partial charge >= 0.3 is 0 Å². The van der Waals surface area contributed by atoms with Gasteiger partial charge in [-0.15, -0.1) is 0 Å². The summed E-state index contributed by atoms with van der Waals surface area (Å²) in [5, 5.41) is 9.90. The van der Waals surface area contributed by atoms with Crippen molar-refractivity contribution in [3.63, 3.8) is 0 Å². The molecule has 3 rings (SSSR count). The molecule has 1 heterocycles. The van der Waals surface area contributed by atoms with E-state index in [-0.39, 0.29) is 5.41 Å². The van der Waals surface area contributed by atoms with E-state index in [0.717, 1.165) is 49.9 Å². The van der Waals surface area contributed by atoms with E-state index in [0.29, 0.717) is 5.92 Å². The van der Waals surface area contributed by atoms with Crippen LogP contribution in [0, 0.1) is 16.7 Å². The van der Waals surface area contributed by atoms with E-state index >= 15 is 0 Å². The number of aryl methyl sites for hydroxylation is 1. The van der Waals surface area contributed by atoms with Crippen molar-refractivity contribution in [2.45, 2.75) is 122 Å². The second-order valence-corrected chi connectivity index (χ2v) is 10.5. The number of unbranched alkanes of at least 4 members (excludes halogenated alkanes) is 8. The molecule has 0 bridgehead atoms. The molecule has 2 aromatic rings. The Morgan fingerprint density at radius 1 is 0.824 bits per heavy atom. The highest BCUT2D eigenvalue weighted by Gasteiger charge is 2.35. The van der Waals surface area contributed by atoms with Crippen LogP contribution in [-0.4, -0.2) is 9.97 Å². The third kappa shape index (κ3) is 7.93. The molecule has 0 saturated heterocycles. The first-order chi connectivity index (χ1) is 16.7. The summed E-state index contributed by atoms with van der Waals surface area (Å²) in [6.45, 7) is 4.51. The molecule has 3 heteroatoms. The fourth-order valence-corrected chi connectivity index (χ4v) is 5.46. The lowest BCUT2D eigenvalue weighted by Gasteiger charge is -2.35. The Balaban J connectivity index is 1.48. The summed E-state index contributed by atoms with van der Waals surface area (Å²) in [5.74, 6) is 1.39. The van der Waals surface area contributed by atoms with E-state index in [9.17, 15) is 5.26 Å². The van der Waals surface area contributed by atoms with Gasteiger partial charge in [0.05, 0.1) is 11.5 Å². The standard InChI is InChI=1S/C31H45N3/c1-3-5-7-9-11-13-26-23-33-30(34-24-26)29-16-14-27(15-17-29)28-18-21-31(25-32,22-19-28)20-12-10-8-6-4-2/h14-17,23-24,28H,3-13,18-22H2,1-2H3/t28-,31-. The van der Waals surface area contributed by atoms with Crippen LogP contribution in [0.1, 0.15) is 127 Å². The molecule has 0 radical (unpaired) electrons. The summed E-state index contributed by atoms with van der Waals surface area (Å²) >= 11 is 0. The third-order valence-electron chi connectivity index (χ3n) is 7.85. The Kier molecular flexibility index (Phi) is 11.1. The van der Waals surface area contributed by atoms with Crippen molar-refractivity contribution in [2.24, 2.45) is 5.41 Å². The van der Waals surface area contributed by atoms with Crippen molar-refractivity contribution in [3.05, 3.63) is 47.8 Å². The Morgan fingerprint density at radius 2 is 1.41 bits per heavy atom. The lowest BCUT2D eigenvalue weighted by Crippen LogP contribution is -2.25. The van der Waals surface area contributed by atoms with Crippen molar-refractivity contribution in [2.75, 3.05) is 0 Å². The van der Waals surface area contributed by atoms with E-state index in [1.165, 1.54) is 75.3 Å². The summed E-state index contributed by atoms with van der Waals surface area (Å²) in [6, 6.07) is 11.6. The van der Waals surface area contributed by atoms with Gasteiger partial charge in [-0.1, -0.05) is 95.9 Å². The molecule has 1 fully saturated rings. The van der Waals surface area contributed by atoms with Crippen molar-refractivity contribution >= 4 is 0 Å². The Labute approximate surface area is 208 Å². The van der Waals surface area contributed by atoms with Crippen molar-refractivity contribution < 1.29 is 0 Å². The molecule has 1 aliphatic carbocycles. The van der Waals surface area contributed by atoms with Crippen LogP contribution in [0.3, 0.4) is 0 Å². The number of hydrogen-bond donors (Lipinski definition) is 0. The molecule has 184 valence electrons. The van der Waals surface area contributed by atoms with Crippen molar-refractivity contribution in [1.29, 1.82) is 5.26 Å². The first-order valence-electron chi connectivity index (χ1n) is 14.0. The number of nitrogens with zero attached hydrogens (tertiary/aromatic N) is 3. The maximum absolute atomic E-state index is 9.90. The Morgan fingerprint density at radius 3 is 2.00 bits per heavy atom. The number of hydrogen-bond acceptors (Lipinski definition) is 3. The van der Waals surface area contributed by atoms with E-state index < -0.39 is 0 Å². The summed E-state index contributed by atoms with van der Waals surface area (Å²) in [4.78, 5) is 9.27. The molecule has 1 aromatic carbocycles. The zero-order chi connectivity index (χ0) is 24.1. The molecular weight excluding hydrogens is 414 g/mol. The maximum atomic E-state index is 9.90. The zero-order valence-corrected chi connectivity index (χ0v) is 21.7. The smallest absolute Gasteiger partial charge is 0.159 e. The molecule has 0 spiro atoms. The lowest BCUT2D eigenvalue weighted by molar-refractivity contribution is 0.223. The second kappa shape index (κ2) is 14.2. The van der Waals surface area contributed by atoms with Crippen LogP contribution < -0.4 is 0 Å². The van der Waals surface area contributed by atoms with Gasteiger partial charge in [-0.3, -0.25) is 0 Å². The molecule has 0 amide bonds. The van der Waals surface area contributed by atoms with Gasteiger partial charge in [0.25, 0.3) is 0 Å². The van der Waals surface area contributed by atoms with E-state index in [1.54, 1.807) is 0 Å². The van der Waals surface area contributed by atoms with Gasteiger partial charge in [-0.2, -0.15) is 5.26 Å². The van der Waals surface area contributed by atoms with Gasteiger partial charge in [0.2, 0.25) is 0 Å². The van der Waals surface area contributed by atoms with Crippen LogP contribution in [0.5, 0.6) is 0 Å². The number of benzene rings is 1. The van der Waals surface area contributed by atoms with Crippen LogP contribution in [0.15, 0.2) is 36.7 Å². The van der Waals surface area contributed by atoms with Crippen molar-refractivity contribution in [1.82, 2.24) is 9.97 Å².